The van der Waals surface area contributed by atoms with Crippen molar-refractivity contribution in [3.63, 3.8) is 0 Å². The van der Waals surface area contributed by atoms with Crippen LogP contribution in [0.5, 0.6) is 0 Å². The predicted octanol–water partition coefficient (Wildman–Crippen LogP) is 2.04. The van der Waals surface area contributed by atoms with E-state index in [4.69, 9.17) is 10.3 Å². The lowest BCUT2D eigenvalue weighted by Crippen LogP contribution is -2.32. The Kier molecular flexibility index (Phi) is 3.28. The van der Waals surface area contributed by atoms with Crippen molar-refractivity contribution in [2.24, 2.45) is 11.7 Å². The summed E-state index contributed by atoms with van der Waals surface area (Å²) in [6, 6.07) is 0. The highest BCUT2D eigenvalue weighted by molar-refractivity contribution is 5.09. The number of hydrogen-bond acceptors (Lipinski definition) is 4. The third kappa shape index (κ3) is 2.12. The van der Waals surface area contributed by atoms with Crippen LogP contribution in [0.1, 0.15) is 51.2 Å². The summed E-state index contributed by atoms with van der Waals surface area (Å²) in [6.45, 7) is 4.94. The van der Waals surface area contributed by atoms with E-state index in [1.807, 2.05) is 0 Å². The second kappa shape index (κ2) is 4.53. The molecule has 0 spiro atoms. The van der Waals surface area contributed by atoms with Gasteiger partial charge in [-0.25, -0.2) is 0 Å². The van der Waals surface area contributed by atoms with Gasteiger partial charge in [-0.1, -0.05) is 31.8 Å². The van der Waals surface area contributed by atoms with Gasteiger partial charge in [-0.3, -0.25) is 0 Å². The first-order valence-corrected chi connectivity index (χ1v) is 6.19. The fourth-order valence-electron chi connectivity index (χ4n) is 2.47. The first-order valence-electron chi connectivity index (χ1n) is 6.19. The van der Waals surface area contributed by atoms with E-state index in [2.05, 4.69) is 24.0 Å². The Labute approximate surface area is 96.6 Å². The summed E-state index contributed by atoms with van der Waals surface area (Å²) < 4.78 is 5.40. The Morgan fingerprint density at radius 1 is 1.38 bits per heavy atom. The lowest BCUT2D eigenvalue weighted by molar-refractivity contribution is 0.282. The van der Waals surface area contributed by atoms with E-state index in [-0.39, 0.29) is 5.41 Å². The molecule has 1 aliphatic rings. The van der Waals surface area contributed by atoms with Crippen LogP contribution in [0.4, 0.5) is 0 Å². The third-order valence-corrected chi connectivity index (χ3v) is 3.46. The van der Waals surface area contributed by atoms with Gasteiger partial charge in [0.15, 0.2) is 5.82 Å². The van der Waals surface area contributed by atoms with Crippen molar-refractivity contribution in [2.75, 3.05) is 6.54 Å². The minimum Gasteiger partial charge on any atom is -0.339 e. The van der Waals surface area contributed by atoms with E-state index >= 15 is 0 Å². The van der Waals surface area contributed by atoms with Crippen molar-refractivity contribution in [1.29, 1.82) is 0 Å². The molecular weight excluding hydrogens is 202 g/mol. The van der Waals surface area contributed by atoms with Crippen LogP contribution in [0.25, 0.3) is 0 Å². The fraction of sp³-hybridized carbons (Fsp3) is 0.833. The molecule has 1 aliphatic carbocycles. The van der Waals surface area contributed by atoms with Gasteiger partial charge in [0.1, 0.15) is 0 Å². The second-order valence-electron chi connectivity index (χ2n) is 5.31. The molecule has 2 rings (SSSR count). The van der Waals surface area contributed by atoms with E-state index in [0.717, 1.165) is 31.0 Å². The second-order valence-corrected chi connectivity index (χ2v) is 5.31. The third-order valence-electron chi connectivity index (χ3n) is 3.46. The van der Waals surface area contributed by atoms with Crippen molar-refractivity contribution in [1.82, 2.24) is 10.1 Å². The van der Waals surface area contributed by atoms with Crippen LogP contribution in [-0.4, -0.2) is 16.7 Å². The highest BCUT2D eigenvalue weighted by Crippen LogP contribution is 2.39. The molecule has 4 heteroatoms. The summed E-state index contributed by atoms with van der Waals surface area (Å²) in [5.74, 6) is 2.15. The molecule has 0 radical (unpaired) electrons. The average molecular weight is 223 g/mol. The summed E-state index contributed by atoms with van der Waals surface area (Å²) >= 11 is 0. The molecule has 0 bridgehead atoms. The molecule has 0 amide bonds. The first kappa shape index (κ1) is 11.6. The van der Waals surface area contributed by atoms with E-state index < -0.39 is 0 Å². The summed E-state index contributed by atoms with van der Waals surface area (Å²) in [4.78, 5) is 4.52. The molecule has 90 valence electrons. The van der Waals surface area contributed by atoms with E-state index in [0.29, 0.717) is 12.5 Å². The summed E-state index contributed by atoms with van der Waals surface area (Å²) in [6.07, 6.45) is 5.50. The number of aromatic nitrogens is 2. The lowest BCUT2D eigenvalue weighted by atomic mass is 9.86. The summed E-state index contributed by atoms with van der Waals surface area (Å²) in [5, 5.41) is 4.05. The molecule has 4 nitrogen and oxygen atoms in total. The number of nitrogens with zero attached hydrogens (tertiary/aromatic N) is 2. The fourth-order valence-corrected chi connectivity index (χ4v) is 2.47. The Morgan fingerprint density at radius 3 is 2.62 bits per heavy atom. The van der Waals surface area contributed by atoms with Gasteiger partial charge in [-0.15, -0.1) is 0 Å². The molecule has 1 aromatic heterocycles. The topological polar surface area (TPSA) is 64.9 Å². The minimum absolute atomic E-state index is 0.0256. The van der Waals surface area contributed by atoms with Crippen LogP contribution >= 0.6 is 0 Å². The Hall–Kier alpha value is -0.900. The van der Waals surface area contributed by atoms with Gasteiger partial charge in [-0.2, -0.15) is 4.98 Å². The van der Waals surface area contributed by atoms with Gasteiger partial charge in [0.25, 0.3) is 0 Å². The predicted molar refractivity (Wildman–Crippen MR) is 62.0 cm³/mol. The highest BCUT2D eigenvalue weighted by Gasteiger charge is 2.39. The van der Waals surface area contributed by atoms with Gasteiger partial charge in [-0.05, 0) is 18.8 Å². The molecule has 0 unspecified atom stereocenters. The summed E-state index contributed by atoms with van der Waals surface area (Å²) in [5.41, 5.74) is 5.86. The monoisotopic (exact) mass is 223 g/mol. The van der Waals surface area contributed by atoms with Crippen molar-refractivity contribution in [2.45, 2.75) is 51.4 Å². The molecule has 0 aromatic carbocycles. The van der Waals surface area contributed by atoms with Gasteiger partial charge in [0.2, 0.25) is 5.89 Å². The zero-order valence-electron chi connectivity index (χ0n) is 10.2. The maximum atomic E-state index is 5.88. The molecular formula is C12H21N3O. The van der Waals surface area contributed by atoms with E-state index in [9.17, 15) is 0 Å². The van der Waals surface area contributed by atoms with Crippen LogP contribution in [0.2, 0.25) is 0 Å². The normalized spacial score (nSPS) is 19.5. The molecule has 1 aromatic rings. The zero-order chi connectivity index (χ0) is 11.6. The van der Waals surface area contributed by atoms with Crippen LogP contribution in [0.3, 0.4) is 0 Å². The van der Waals surface area contributed by atoms with Crippen molar-refractivity contribution < 1.29 is 4.52 Å². The van der Waals surface area contributed by atoms with Crippen LogP contribution in [0.15, 0.2) is 4.52 Å². The van der Waals surface area contributed by atoms with E-state index in [1.54, 1.807) is 0 Å². The van der Waals surface area contributed by atoms with Gasteiger partial charge in [0.05, 0.1) is 5.41 Å². The Balaban J connectivity index is 2.16. The highest BCUT2D eigenvalue weighted by atomic mass is 16.5. The molecule has 0 saturated heterocycles. The molecule has 0 atom stereocenters. The smallest absolute Gasteiger partial charge is 0.234 e. The van der Waals surface area contributed by atoms with Crippen LogP contribution in [-0.2, 0) is 11.8 Å². The summed E-state index contributed by atoms with van der Waals surface area (Å²) in [7, 11) is 0. The Morgan fingerprint density at radius 2 is 2.06 bits per heavy atom. The average Bonchev–Trinajstić information content (AvgIpc) is 2.85. The molecule has 2 N–H and O–H groups in total. The standard InChI is InChI=1S/C12H21N3O/c1-9(2)7-10-14-11(16-15-10)12(8-13)5-3-4-6-12/h9H,3-8,13H2,1-2H3. The first-order chi connectivity index (χ1) is 7.66. The van der Waals surface area contributed by atoms with Crippen LogP contribution < -0.4 is 5.73 Å². The van der Waals surface area contributed by atoms with Crippen molar-refractivity contribution >= 4 is 0 Å². The molecule has 1 fully saturated rings. The number of rotatable bonds is 4. The number of hydrogen-bond donors (Lipinski definition) is 1. The lowest BCUT2D eigenvalue weighted by Gasteiger charge is -2.21. The molecule has 0 aliphatic heterocycles. The van der Waals surface area contributed by atoms with Crippen molar-refractivity contribution in [3.8, 4) is 0 Å². The molecule has 16 heavy (non-hydrogen) atoms. The van der Waals surface area contributed by atoms with Gasteiger partial charge in [0, 0.05) is 13.0 Å². The largest absolute Gasteiger partial charge is 0.339 e. The van der Waals surface area contributed by atoms with Crippen molar-refractivity contribution in [3.05, 3.63) is 11.7 Å². The van der Waals surface area contributed by atoms with E-state index in [1.165, 1.54) is 12.8 Å². The Bertz CT molecular complexity index is 340. The number of nitrogens with two attached hydrogens (primary N) is 1. The maximum absolute atomic E-state index is 5.88. The maximum Gasteiger partial charge on any atom is 0.234 e. The zero-order valence-corrected chi connectivity index (χ0v) is 10.2. The molecule has 1 heterocycles. The van der Waals surface area contributed by atoms with Crippen LogP contribution in [0, 0.1) is 5.92 Å². The van der Waals surface area contributed by atoms with Gasteiger partial charge < -0.3 is 10.3 Å². The quantitative estimate of drug-likeness (QED) is 0.848. The minimum atomic E-state index is -0.0256. The van der Waals surface area contributed by atoms with Gasteiger partial charge >= 0.3 is 0 Å². The molecule has 1 saturated carbocycles. The SMILES string of the molecule is CC(C)Cc1noc(C2(CN)CCCC2)n1.